The number of nitrogens with one attached hydrogen (secondary N) is 2. The summed E-state index contributed by atoms with van der Waals surface area (Å²) in [7, 11) is 0. The first kappa shape index (κ1) is 33.0. The van der Waals surface area contributed by atoms with Gasteiger partial charge in [0.25, 0.3) is 6.47 Å². The summed E-state index contributed by atoms with van der Waals surface area (Å²) in [6, 6.07) is 8.48. The molecule has 0 saturated carbocycles. The van der Waals surface area contributed by atoms with Crippen molar-refractivity contribution in [2.45, 2.75) is 78.6 Å². The van der Waals surface area contributed by atoms with E-state index in [2.05, 4.69) is 25.7 Å². The molecular formula is C30H42N8O5. The Kier molecular flexibility index (Phi) is 12.4. The van der Waals surface area contributed by atoms with E-state index in [9.17, 15) is 14.4 Å². The van der Waals surface area contributed by atoms with Gasteiger partial charge in [-0.2, -0.15) is 5.10 Å². The minimum Gasteiger partial charge on any atom is -0.483 e. The van der Waals surface area contributed by atoms with Crippen LogP contribution in [0, 0.1) is 19.8 Å². The predicted molar refractivity (Wildman–Crippen MR) is 159 cm³/mol. The van der Waals surface area contributed by atoms with Crippen LogP contribution in [0.25, 0.3) is 0 Å². The molecule has 1 aliphatic rings. The van der Waals surface area contributed by atoms with Crippen LogP contribution < -0.4 is 10.6 Å². The molecule has 0 fully saturated rings. The second-order valence-corrected chi connectivity index (χ2v) is 10.8. The molecule has 1 unspecified atom stereocenters. The Labute approximate surface area is 251 Å². The highest BCUT2D eigenvalue weighted by Crippen LogP contribution is 2.21. The first-order valence-electron chi connectivity index (χ1n) is 14.5. The normalized spacial score (nSPS) is 18.0. The number of carbonyl (C=O) groups excluding carboxylic acids is 3. The van der Waals surface area contributed by atoms with Crippen molar-refractivity contribution in [3.8, 4) is 0 Å². The minimum absolute atomic E-state index is 0.00894. The average Bonchev–Trinajstić information content (AvgIpc) is 3.56. The molecule has 3 amide bonds. The molecule has 0 saturated heterocycles. The molecule has 43 heavy (non-hydrogen) atoms. The van der Waals surface area contributed by atoms with Crippen LogP contribution in [-0.4, -0.2) is 77.6 Å². The largest absolute Gasteiger partial charge is 0.483 e. The Morgan fingerprint density at radius 2 is 1.84 bits per heavy atom. The molecule has 3 aromatic rings. The third kappa shape index (κ3) is 9.76. The Morgan fingerprint density at radius 3 is 2.49 bits per heavy atom. The molecule has 13 nitrogen and oxygen atoms in total. The number of benzene rings is 1. The molecule has 1 aromatic carbocycles. The Morgan fingerprint density at radius 1 is 1.12 bits per heavy atom. The molecule has 3 heterocycles. The zero-order valence-electron chi connectivity index (χ0n) is 25.3. The van der Waals surface area contributed by atoms with Gasteiger partial charge >= 0.3 is 0 Å². The number of hydrogen-bond donors (Lipinski definition) is 3. The van der Waals surface area contributed by atoms with Crippen LogP contribution in [0.15, 0.2) is 42.7 Å². The van der Waals surface area contributed by atoms with Gasteiger partial charge in [-0.05, 0) is 31.7 Å². The molecule has 0 bridgehead atoms. The van der Waals surface area contributed by atoms with E-state index in [1.165, 1.54) is 0 Å². The Bertz CT molecular complexity index is 1350. The van der Waals surface area contributed by atoms with Crippen LogP contribution in [0.3, 0.4) is 0 Å². The SMILES string of the molecule is Cc1nc2n(n1)CCN(C(=O)CCn1ccnc1C)CCCC(=O)N[C@@H](Cc1ccccc1)C(=O)NC2C(C)C.O=CO. The highest BCUT2D eigenvalue weighted by molar-refractivity contribution is 5.88. The molecule has 0 radical (unpaired) electrons. The maximum absolute atomic E-state index is 13.6. The lowest BCUT2D eigenvalue weighted by molar-refractivity contribution is -0.132. The smallest absolute Gasteiger partial charge is 0.290 e. The summed E-state index contributed by atoms with van der Waals surface area (Å²) in [5.74, 6) is 1.66. The highest BCUT2D eigenvalue weighted by Gasteiger charge is 2.30. The maximum Gasteiger partial charge on any atom is 0.290 e. The lowest BCUT2D eigenvalue weighted by Crippen LogP contribution is -2.50. The van der Waals surface area contributed by atoms with Crippen molar-refractivity contribution in [1.29, 1.82) is 0 Å². The van der Waals surface area contributed by atoms with Gasteiger partial charge in [0.15, 0.2) is 0 Å². The number of aromatic nitrogens is 5. The molecule has 3 N–H and O–H groups in total. The van der Waals surface area contributed by atoms with E-state index >= 15 is 0 Å². The van der Waals surface area contributed by atoms with Gasteiger partial charge in [-0.3, -0.25) is 19.2 Å². The van der Waals surface area contributed by atoms with Crippen LogP contribution in [0.5, 0.6) is 0 Å². The second-order valence-electron chi connectivity index (χ2n) is 10.8. The van der Waals surface area contributed by atoms with Crippen molar-refractivity contribution in [1.82, 2.24) is 39.8 Å². The van der Waals surface area contributed by atoms with Crippen LogP contribution >= 0.6 is 0 Å². The van der Waals surface area contributed by atoms with E-state index in [1.54, 1.807) is 15.8 Å². The Balaban J connectivity index is 0.00000162. The topological polar surface area (TPSA) is 164 Å². The number of hydrogen-bond acceptors (Lipinski definition) is 7. The first-order chi connectivity index (χ1) is 20.6. The number of fused-ring (bicyclic) bond motifs is 1. The van der Waals surface area contributed by atoms with Crippen molar-refractivity contribution < 1.29 is 24.3 Å². The molecule has 0 spiro atoms. The van der Waals surface area contributed by atoms with E-state index in [4.69, 9.17) is 9.90 Å². The Hall–Kier alpha value is -4.55. The zero-order valence-corrected chi connectivity index (χ0v) is 25.3. The monoisotopic (exact) mass is 594 g/mol. The third-order valence-corrected chi connectivity index (χ3v) is 7.24. The molecule has 2 atom stereocenters. The predicted octanol–water partition coefficient (Wildman–Crippen LogP) is 2.05. The van der Waals surface area contributed by atoms with Crippen molar-refractivity contribution >= 4 is 24.2 Å². The van der Waals surface area contributed by atoms with E-state index in [-0.39, 0.29) is 36.5 Å². The first-order valence-corrected chi connectivity index (χ1v) is 14.5. The molecule has 232 valence electrons. The average molecular weight is 595 g/mol. The summed E-state index contributed by atoms with van der Waals surface area (Å²) in [6.07, 6.45) is 4.99. The fourth-order valence-electron chi connectivity index (χ4n) is 5.00. The number of imidazole rings is 1. The number of aryl methyl sites for hydroxylation is 3. The van der Waals surface area contributed by atoms with Gasteiger partial charge in [-0.15, -0.1) is 0 Å². The van der Waals surface area contributed by atoms with E-state index in [1.807, 2.05) is 68.8 Å². The van der Waals surface area contributed by atoms with Crippen LogP contribution in [-0.2, 0) is 38.7 Å². The van der Waals surface area contributed by atoms with Gasteiger partial charge in [-0.1, -0.05) is 44.2 Å². The van der Waals surface area contributed by atoms with Gasteiger partial charge in [0.05, 0.1) is 12.6 Å². The maximum atomic E-state index is 13.6. The number of amides is 3. The standard InChI is InChI=1S/C29H40N8O3.CH2O2/c1-20(2)27-28-31-21(3)34-37(28)18-17-36(26(39)12-15-35-16-13-30-22(35)4)14-8-11-25(38)32-24(29(40)33-27)19-23-9-6-5-7-10-23;2-1-3/h5-7,9-10,13,16,20,24,27H,8,11-12,14-15,17-19H2,1-4H3,(H,32,38)(H,33,40);1H,(H,2,3)/t24-,27?;/m0./s1. The molecule has 4 rings (SSSR count). The molecule has 1 aliphatic heterocycles. The van der Waals surface area contributed by atoms with Crippen LogP contribution in [0.1, 0.15) is 62.2 Å². The van der Waals surface area contributed by atoms with Gasteiger partial charge in [0.2, 0.25) is 17.7 Å². The zero-order chi connectivity index (χ0) is 31.4. The lowest BCUT2D eigenvalue weighted by atomic mass is 10.0. The minimum atomic E-state index is -0.743. The fraction of sp³-hybridized carbons (Fsp3) is 0.500. The van der Waals surface area contributed by atoms with Crippen molar-refractivity contribution in [2.75, 3.05) is 13.1 Å². The van der Waals surface area contributed by atoms with Crippen molar-refractivity contribution in [2.24, 2.45) is 5.92 Å². The summed E-state index contributed by atoms with van der Waals surface area (Å²) >= 11 is 0. The summed E-state index contributed by atoms with van der Waals surface area (Å²) in [4.78, 5) is 58.9. The van der Waals surface area contributed by atoms with Crippen molar-refractivity contribution in [3.05, 3.63) is 65.8 Å². The number of carboxylic acid groups (broad SMARTS) is 1. The van der Waals surface area contributed by atoms with E-state index in [0.717, 1.165) is 11.4 Å². The van der Waals surface area contributed by atoms with E-state index < -0.39 is 12.1 Å². The van der Waals surface area contributed by atoms with Crippen LogP contribution in [0.4, 0.5) is 0 Å². The third-order valence-electron chi connectivity index (χ3n) is 7.24. The van der Waals surface area contributed by atoms with Gasteiger partial charge in [-0.25, -0.2) is 14.6 Å². The van der Waals surface area contributed by atoms with Crippen LogP contribution in [0.2, 0.25) is 0 Å². The number of nitrogens with zero attached hydrogens (tertiary/aromatic N) is 6. The quantitative estimate of drug-likeness (QED) is 0.365. The van der Waals surface area contributed by atoms with Gasteiger partial charge in [0, 0.05) is 51.3 Å². The van der Waals surface area contributed by atoms with Gasteiger partial charge < -0.3 is 25.2 Å². The number of carbonyl (C=O) groups is 4. The summed E-state index contributed by atoms with van der Waals surface area (Å²) in [5, 5.41) is 17.6. The summed E-state index contributed by atoms with van der Waals surface area (Å²) in [5.41, 5.74) is 0.953. The molecule has 0 aliphatic carbocycles. The molecule has 13 heteroatoms. The molecular weight excluding hydrogens is 552 g/mol. The second kappa shape index (κ2) is 16.2. The lowest BCUT2D eigenvalue weighted by Gasteiger charge is -2.28. The summed E-state index contributed by atoms with van der Waals surface area (Å²) < 4.78 is 3.76. The van der Waals surface area contributed by atoms with Crippen molar-refractivity contribution in [3.63, 3.8) is 0 Å². The highest BCUT2D eigenvalue weighted by atomic mass is 16.3. The van der Waals surface area contributed by atoms with Gasteiger partial charge in [0.1, 0.15) is 23.5 Å². The number of rotatable bonds is 6. The fourth-order valence-corrected chi connectivity index (χ4v) is 5.00. The summed E-state index contributed by atoms with van der Waals surface area (Å²) in [6.45, 7) is 9.34. The molecule has 2 aromatic heterocycles. The van der Waals surface area contributed by atoms with E-state index in [0.29, 0.717) is 57.1 Å².